The molecule has 0 aliphatic carbocycles. The zero-order chi connectivity index (χ0) is 11.1. The van der Waals surface area contributed by atoms with Gasteiger partial charge in [-0.25, -0.2) is 4.39 Å². The average molecular weight is 207 g/mol. The first-order valence-corrected chi connectivity index (χ1v) is 4.74. The van der Waals surface area contributed by atoms with Gasteiger partial charge in [-0.15, -0.1) is 5.92 Å². The molecule has 0 aliphatic rings. The molecule has 1 aromatic rings. The molecule has 0 saturated heterocycles. The Balaban J connectivity index is 2.84. The highest BCUT2D eigenvalue weighted by Crippen LogP contribution is 2.22. The van der Waals surface area contributed by atoms with Crippen molar-refractivity contribution in [3.8, 4) is 17.6 Å². The van der Waals surface area contributed by atoms with Gasteiger partial charge < -0.3 is 10.1 Å². The van der Waals surface area contributed by atoms with E-state index in [1.165, 1.54) is 6.07 Å². The van der Waals surface area contributed by atoms with Crippen molar-refractivity contribution in [3.63, 3.8) is 0 Å². The van der Waals surface area contributed by atoms with Crippen LogP contribution < -0.4 is 10.1 Å². The fraction of sp³-hybridized carbons (Fsp3) is 0.333. The van der Waals surface area contributed by atoms with E-state index in [2.05, 4.69) is 17.2 Å². The number of rotatable bonds is 4. The number of hydrogen-bond acceptors (Lipinski definition) is 2. The van der Waals surface area contributed by atoms with E-state index in [0.29, 0.717) is 6.54 Å². The summed E-state index contributed by atoms with van der Waals surface area (Å²) < 4.78 is 18.7. The van der Waals surface area contributed by atoms with Crippen molar-refractivity contribution in [2.75, 3.05) is 13.7 Å². The van der Waals surface area contributed by atoms with Gasteiger partial charge in [0, 0.05) is 12.1 Å². The highest BCUT2D eigenvalue weighted by Gasteiger charge is 2.08. The molecule has 1 N–H and O–H groups in total. The second-order valence-electron chi connectivity index (χ2n) is 2.97. The number of benzene rings is 1. The Morgan fingerprint density at radius 3 is 2.93 bits per heavy atom. The van der Waals surface area contributed by atoms with Crippen molar-refractivity contribution in [2.24, 2.45) is 0 Å². The molecule has 0 amide bonds. The SMILES string of the molecule is CC#CCOc1c(F)cccc1CNC. The predicted octanol–water partition coefficient (Wildman–Crippen LogP) is 1.95. The van der Waals surface area contributed by atoms with Gasteiger partial charge in [0.15, 0.2) is 11.6 Å². The topological polar surface area (TPSA) is 21.3 Å². The van der Waals surface area contributed by atoms with Crippen molar-refractivity contribution in [2.45, 2.75) is 13.5 Å². The molecule has 1 aromatic carbocycles. The van der Waals surface area contributed by atoms with Gasteiger partial charge in [0.25, 0.3) is 0 Å². The van der Waals surface area contributed by atoms with Crippen molar-refractivity contribution >= 4 is 0 Å². The van der Waals surface area contributed by atoms with E-state index in [0.717, 1.165) is 5.56 Å². The highest BCUT2D eigenvalue weighted by atomic mass is 19.1. The summed E-state index contributed by atoms with van der Waals surface area (Å²) in [5, 5.41) is 2.96. The molecule has 0 unspecified atom stereocenters. The molecule has 3 heteroatoms. The monoisotopic (exact) mass is 207 g/mol. The normalized spacial score (nSPS) is 9.27. The average Bonchev–Trinajstić information content (AvgIpc) is 2.23. The number of ether oxygens (including phenoxy) is 1. The van der Waals surface area contributed by atoms with Crippen LogP contribution in [0.4, 0.5) is 4.39 Å². The highest BCUT2D eigenvalue weighted by molar-refractivity contribution is 5.35. The van der Waals surface area contributed by atoms with Gasteiger partial charge in [-0.1, -0.05) is 18.1 Å². The van der Waals surface area contributed by atoms with E-state index in [1.807, 2.05) is 6.07 Å². The molecule has 0 aromatic heterocycles. The van der Waals surface area contributed by atoms with Gasteiger partial charge in [0.05, 0.1) is 0 Å². The summed E-state index contributed by atoms with van der Waals surface area (Å²) >= 11 is 0. The van der Waals surface area contributed by atoms with Gasteiger partial charge in [-0.2, -0.15) is 0 Å². The van der Waals surface area contributed by atoms with E-state index in [1.54, 1.807) is 20.0 Å². The quantitative estimate of drug-likeness (QED) is 0.762. The number of hydrogen-bond donors (Lipinski definition) is 1. The summed E-state index contributed by atoms with van der Waals surface area (Å²) in [6, 6.07) is 4.88. The van der Waals surface area contributed by atoms with Crippen LogP contribution in [0.5, 0.6) is 5.75 Å². The van der Waals surface area contributed by atoms with Crippen molar-refractivity contribution < 1.29 is 9.13 Å². The zero-order valence-electron chi connectivity index (χ0n) is 8.93. The molecule has 0 atom stereocenters. The second kappa shape index (κ2) is 6.05. The summed E-state index contributed by atoms with van der Waals surface area (Å²) in [5.74, 6) is 5.37. The van der Waals surface area contributed by atoms with Gasteiger partial charge >= 0.3 is 0 Å². The van der Waals surface area contributed by atoms with Gasteiger partial charge in [-0.05, 0) is 20.0 Å². The standard InChI is InChI=1S/C12H14FNO/c1-3-4-8-15-12-10(9-14-2)6-5-7-11(12)13/h5-7,14H,8-9H2,1-2H3. The summed E-state index contributed by atoms with van der Waals surface area (Å²) in [4.78, 5) is 0. The first-order valence-electron chi connectivity index (χ1n) is 4.74. The maximum atomic E-state index is 13.4. The minimum Gasteiger partial charge on any atom is -0.478 e. The number of para-hydroxylation sites is 1. The minimum absolute atomic E-state index is 0.216. The molecule has 0 spiro atoms. The Morgan fingerprint density at radius 1 is 1.47 bits per heavy atom. The van der Waals surface area contributed by atoms with Crippen molar-refractivity contribution in [1.29, 1.82) is 0 Å². The summed E-state index contributed by atoms with van der Waals surface area (Å²) in [6.07, 6.45) is 0. The molecule has 1 rings (SSSR count). The molecule has 0 aliphatic heterocycles. The Kier molecular flexibility index (Phi) is 4.65. The van der Waals surface area contributed by atoms with Crippen LogP contribution in [0.2, 0.25) is 0 Å². The van der Waals surface area contributed by atoms with Crippen LogP contribution in [0.15, 0.2) is 18.2 Å². The number of nitrogens with one attached hydrogen (secondary N) is 1. The summed E-state index contributed by atoms with van der Waals surface area (Å²) in [5.41, 5.74) is 0.801. The third-order valence-electron chi connectivity index (χ3n) is 1.88. The Labute approximate surface area is 89.4 Å². The number of halogens is 1. The largest absolute Gasteiger partial charge is 0.478 e. The summed E-state index contributed by atoms with van der Waals surface area (Å²) in [6.45, 7) is 2.51. The van der Waals surface area contributed by atoms with E-state index in [4.69, 9.17) is 4.74 Å². The lowest BCUT2D eigenvalue weighted by Gasteiger charge is -2.09. The summed E-state index contributed by atoms with van der Waals surface area (Å²) in [7, 11) is 1.81. The van der Waals surface area contributed by atoms with Crippen LogP contribution in [0.3, 0.4) is 0 Å². The van der Waals surface area contributed by atoms with Crippen LogP contribution in [0.1, 0.15) is 12.5 Å². The van der Waals surface area contributed by atoms with Crippen LogP contribution in [0.25, 0.3) is 0 Å². The maximum Gasteiger partial charge on any atom is 0.165 e. The van der Waals surface area contributed by atoms with Crippen LogP contribution >= 0.6 is 0 Å². The van der Waals surface area contributed by atoms with Crippen molar-refractivity contribution in [1.82, 2.24) is 5.32 Å². The van der Waals surface area contributed by atoms with E-state index >= 15 is 0 Å². The van der Waals surface area contributed by atoms with Crippen molar-refractivity contribution in [3.05, 3.63) is 29.6 Å². The van der Waals surface area contributed by atoms with E-state index < -0.39 is 0 Å². The Bertz CT molecular complexity index is 379. The van der Waals surface area contributed by atoms with Crippen LogP contribution in [-0.4, -0.2) is 13.7 Å². The fourth-order valence-electron chi connectivity index (χ4n) is 1.23. The predicted molar refractivity (Wildman–Crippen MR) is 58.1 cm³/mol. The molecule has 0 saturated carbocycles. The molecule has 0 bridgehead atoms. The smallest absolute Gasteiger partial charge is 0.165 e. The van der Waals surface area contributed by atoms with Crippen LogP contribution in [0, 0.1) is 17.7 Å². The Morgan fingerprint density at radius 2 is 2.27 bits per heavy atom. The third-order valence-corrected chi connectivity index (χ3v) is 1.88. The Hall–Kier alpha value is -1.53. The molecule has 2 nitrogen and oxygen atoms in total. The lowest BCUT2D eigenvalue weighted by atomic mass is 10.2. The lowest BCUT2D eigenvalue weighted by molar-refractivity contribution is 0.343. The molecular weight excluding hydrogens is 193 g/mol. The van der Waals surface area contributed by atoms with Gasteiger partial charge in [0.2, 0.25) is 0 Å². The van der Waals surface area contributed by atoms with Crippen LogP contribution in [-0.2, 0) is 6.54 Å². The zero-order valence-corrected chi connectivity index (χ0v) is 8.93. The lowest BCUT2D eigenvalue weighted by Crippen LogP contribution is -2.08. The minimum atomic E-state index is -0.347. The first-order chi connectivity index (χ1) is 7.29. The third kappa shape index (κ3) is 3.26. The second-order valence-corrected chi connectivity index (χ2v) is 2.97. The molecule has 80 valence electrons. The molecular formula is C12H14FNO. The van der Waals surface area contributed by atoms with Gasteiger partial charge in [-0.3, -0.25) is 0 Å². The van der Waals surface area contributed by atoms with E-state index in [9.17, 15) is 4.39 Å². The fourth-order valence-corrected chi connectivity index (χ4v) is 1.23. The first kappa shape index (κ1) is 11.5. The maximum absolute atomic E-state index is 13.4. The van der Waals surface area contributed by atoms with E-state index in [-0.39, 0.29) is 18.2 Å². The molecule has 0 fully saturated rings. The molecule has 15 heavy (non-hydrogen) atoms. The van der Waals surface area contributed by atoms with Gasteiger partial charge in [0.1, 0.15) is 6.61 Å². The molecule has 0 radical (unpaired) electrons. The molecule has 0 heterocycles.